The van der Waals surface area contributed by atoms with E-state index in [2.05, 4.69) is 30.0 Å². The highest BCUT2D eigenvalue weighted by Gasteiger charge is 2.43. The second-order valence-electron chi connectivity index (χ2n) is 6.22. The van der Waals surface area contributed by atoms with Gasteiger partial charge in [0, 0.05) is 43.1 Å². The minimum atomic E-state index is -3.70. The fraction of sp³-hybridized carbons (Fsp3) is 0.333. The molecule has 3 heterocycles. The van der Waals surface area contributed by atoms with E-state index in [9.17, 15) is 13.6 Å². The van der Waals surface area contributed by atoms with Crippen LogP contribution in [0.25, 0.3) is 0 Å². The average Bonchev–Trinajstić information content (AvgIpc) is 3.00. The zero-order valence-corrected chi connectivity index (χ0v) is 14.8. The highest BCUT2D eigenvalue weighted by atomic mass is 19.3. The Labute approximate surface area is 159 Å². The predicted molar refractivity (Wildman–Crippen MR) is 95.8 cm³/mol. The summed E-state index contributed by atoms with van der Waals surface area (Å²) < 4.78 is 40.2. The smallest absolute Gasteiger partial charge is 0.395 e. The Morgan fingerprint density at radius 2 is 1.96 bits per heavy atom. The number of urea groups is 1. The number of carbonyl (C=O) groups excluding carboxylic acids is 1. The third-order valence-corrected chi connectivity index (χ3v) is 4.28. The van der Waals surface area contributed by atoms with Crippen molar-refractivity contribution in [2.45, 2.75) is 12.8 Å². The minimum Gasteiger partial charge on any atom is -0.395 e. The van der Waals surface area contributed by atoms with Gasteiger partial charge in [-0.25, -0.2) is 9.78 Å². The van der Waals surface area contributed by atoms with Crippen molar-refractivity contribution in [2.75, 3.05) is 36.5 Å². The number of hydrogen-bond donors (Lipinski definition) is 2. The Hall–Kier alpha value is -3.14. The van der Waals surface area contributed by atoms with Gasteiger partial charge in [0.1, 0.15) is 5.82 Å². The Morgan fingerprint density at radius 1 is 1.18 bits per heavy atom. The highest BCUT2D eigenvalue weighted by Crippen LogP contribution is 2.42. The Balaban J connectivity index is 1.37. The zero-order valence-electron chi connectivity index (χ0n) is 14.8. The molecule has 0 saturated carbocycles. The fourth-order valence-electron chi connectivity index (χ4n) is 3.01. The van der Waals surface area contributed by atoms with E-state index in [-0.39, 0.29) is 18.0 Å². The molecule has 0 bridgehead atoms. The van der Waals surface area contributed by atoms with E-state index in [1.807, 2.05) is 6.07 Å². The van der Waals surface area contributed by atoms with Gasteiger partial charge in [-0.05, 0) is 18.2 Å². The number of alkyl halides is 2. The molecule has 0 unspecified atom stereocenters. The molecule has 0 spiro atoms. The summed E-state index contributed by atoms with van der Waals surface area (Å²) in [6, 6.07) is 7.24. The van der Waals surface area contributed by atoms with Crippen molar-refractivity contribution >= 4 is 17.5 Å². The van der Waals surface area contributed by atoms with Gasteiger partial charge in [-0.3, -0.25) is 0 Å². The van der Waals surface area contributed by atoms with Gasteiger partial charge in [0.15, 0.2) is 11.5 Å². The molecule has 0 atom stereocenters. The summed E-state index contributed by atoms with van der Waals surface area (Å²) in [6.45, 7) is 2.99. The molecule has 148 valence electrons. The quantitative estimate of drug-likeness (QED) is 0.832. The van der Waals surface area contributed by atoms with E-state index in [0.717, 1.165) is 24.5 Å². The normalized spacial score (nSPS) is 17.3. The van der Waals surface area contributed by atoms with Crippen LogP contribution in [0.15, 0.2) is 36.5 Å². The maximum Gasteiger partial charge on any atom is 0.586 e. The van der Waals surface area contributed by atoms with Gasteiger partial charge < -0.3 is 29.7 Å². The van der Waals surface area contributed by atoms with Crippen LogP contribution in [0, 0.1) is 0 Å². The molecular formula is C18H18F2N4O4. The van der Waals surface area contributed by atoms with Crippen molar-refractivity contribution in [2.24, 2.45) is 0 Å². The van der Waals surface area contributed by atoms with Crippen LogP contribution in [0.1, 0.15) is 5.56 Å². The number of amides is 2. The number of ether oxygens (including phenoxy) is 3. The lowest BCUT2D eigenvalue weighted by molar-refractivity contribution is -0.286. The van der Waals surface area contributed by atoms with Crippen LogP contribution < -0.4 is 25.0 Å². The molecule has 10 heteroatoms. The molecule has 28 heavy (non-hydrogen) atoms. The van der Waals surface area contributed by atoms with Gasteiger partial charge in [-0.2, -0.15) is 0 Å². The average molecular weight is 392 g/mol. The fourth-order valence-corrected chi connectivity index (χ4v) is 3.01. The first-order valence-electron chi connectivity index (χ1n) is 8.71. The van der Waals surface area contributed by atoms with Gasteiger partial charge >= 0.3 is 12.3 Å². The van der Waals surface area contributed by atoms with Crippen molar-refractivity contribution < 1.29 is 27.8 Å². The highest BCUT2D eigenvalue weighted by molar-refractivity contribution is 5.89. The lowest BCUT2D eigenvalue weighted by atomic mass is 10.2. The van der Waals surface area contributed by atoms with Gasteiger partial charge in [0.25, 0.3) is 0 Å². The first-order chi connectivity index (χ1) is 13.5. The van der Waals surface area contributed by atoms with Crippen molar-refractivity contribution in [1.29, 1.82) is 0 Å². The summed E-state index contributed by atoms with van der Waals surface area (Å²) in [5, 5.41) is 5.33. The van der Waals surface area contributed by atoms with Crippen molar-refractivity contribution in [3.05, 3.63) is 42.1 Å². The molecule has 2 N–H and O–H groups in total. The van der Waals surface area contributed by atoms with Crippen LogP contribution in [0.2, 0.25) is 0 Å². The minimum absolute atomic E-state index is 0.0820. The number of rotatable bonds is 4. The molecule has 2 aliphatic rings. The van der Waals surface area contributed by atoms with Crippen LogP contribution in [0.5, 0.6) is 11.5 Å². The van der Waals surface area contributed by atoms with E-state index in [4.69, 9.17) is 4.74 Å². The second kappa shape index (κ2) is 7.47. The molecule has 1 fully saturated rings. The van der Waals surface area contributed by atoms with E-state index < -0.39 is 12.3 Å². The maximum absolute atomic E-state index is 13.1. The second-order valence-corrected chi connectivity index (χ2v) is 6.22. The van der Waals surface area contributed by atoms with Gasteiger partial charge in [-0.1, -0.05) is 6.07 Å². The van der Waals surface area contributed by atoms with Crippen LogP contribution in [-0.2, 0) is 11.3 Å². The summed E-state index contributed by atoms with van der Waals surface area (Å²) in [6.07, 6.45) is -1.99. The monoisotopic (exact) mass is 392 g/mol. The predicted octanol–water partition coefficient (Wildman–Crippen LogP) is 2.56. The molecule has 2 aliphatic heterocycles. The van der Waals surface area contributed by atoms with E-state index in [1.165, 1.54) is 18.2 Å². The number of carbonyl (C=O) groups is 1. The number of nitrogens with one attached hydrogen (secondary N) is 2. The maximum atomic E-state index is 13.1. The number of anilines is 2. The zero-order chi connectivity index (χ0) is 19.6. The molecule has 0 radical (unpaired) electrons. The van der Waals surface area contributed by atoms with E-state index in [1.54, 1.807) is 12.3 Å². The topological polar surface area (TPSA) is 85.0 Å². The molecule has 1 saturated heterocycles. The number of pyridine rings is 1. The summed E-state index contributed by atoms with van der Waals surface area (Å²) in [5.74, 6) is 0.586. The molecule has 1 aromatic carbocycles. The van der Waals surface area contributed by atoms with Crippen LogP contribution in [-0.4, -0.2) is 43.6 Å². The number of halogens is 2. The van der Waals surface area contributed by atoms with Gasteiger partial charge in [0.05, 0.1) is 13.2 Å². The molecule has 4 rings (SSSR count). The number of nitrogens with zero attached hydrogens (tertiary/aromatic N) is 2. The number of morpholine rings is 1. The Morgan fingerprint density at radius 3 is 2.79 bits per heavy atom. The molecular weight excluding hydrogens is 374 g/mol. The number of aromatic nitrogens is 1. The number of fused-ring (bicyclic) bond motifs is 1. The third-order valence-electron chi connectivity index (χ3n) is 4.28. The molecule has 2 amide bonds. The lowest BCUT2D eigenvalue weighted by Crippen LogP contribution is -2.38. The number of benzene rings is 1. The summed E-state index contributed by atoms with van der Waals surface area (Å²) in [5.41, 5.74) is 1.17. The standard InChI is InChI=1S/C18H18F2N4O4/c19-18(20)27-14-4-3-13(10-15(14)28-18)23-17(25)22-11-12-2-1-5-21-16(12)24-6-8-26-9-7-24/h1-5,10H,6-9,11H2,(H2,22,23,25). The van der Waals surface area contributed by atoms with Gasteiger partial charge in [-0.15, -0.1) is 8.78 Å². The van der Waals surface area contributed by atoms with Crippen LogP contribution >= 0.6 is 0 Å². The Kier molecular flexibility index (Phi) is 4.86. The summed E-state index contributed by atoms with van der Waals surface area (Å²) >= 11 is 0. The molecule has 1 aromatic heterocycles. The van der Waals surface area contributed by atoms with Crippen LogP contribution in [0.3, 0.4) is 0 Å². The van der Waals surface area contributed by atoms with Crippen molar-refractivity contribution in [3.8, 4) is 11.5 Å². The molecule has 8 nitrogen and oxygen atoms in total. The van der Waals surface area contributed by atoms with E-state index in [0.29, 0.717) is 18.9 Å². The number of hydrogen-bond acceptors (Lipinski definition) is 6. The van der Waals surface area contributed by atoms with Gasteiger partial charge in [0.2, 0.25) is 0 Å². The SMILES string of the molecule is O=C(NCc1cccnc1N1CCOCC1)Nc1ccc2c(c1)OC(F)(F)O2. The van der Waals surface area contributed by atoms with Crippen LogP contribution in [0.4, 0.5) is 25.1 Å². The Bertz CT molecular complexity index is 874. The van der Waals surface area contributed by atoms with Crippen molar-refractivity contribution in [3.63, 3.8) is 0 Å². The third kappa shape index (κ3) is 4.06. The molecule has 0 aliphatic carbocycles. The molecule has 2 aromatic rings. The largest absolute Gasteiger partial charge is 0.586 e. The first kappa shape index (κ1) is 18.2. The van der Waals surface area contributed by atoms with Crippen molar-refractivity contribution in [1.82, 2.24) is 10.3 Å². The summed E-state index contributed by atoms with van der Waals surface area (Å²) in [7, 11) is 0. The summed E-state index contributed by atoms with van der Waals surface area (Å²) in [4.78, 5) is 18.7. The van der Waals surface area contributed by atoms with E-state index >= 15 is 0 Å². The first-order valence-corrected chi connectivity index (χ1v) is 8.71. The lowest BCUT2D eigenvalue weighted by Gasteiger charge is -2.29.